The van der Waals surface area contributed by atoms with Gasteiger partial charge in [0.25, 0.3) is 0 Å². The lowest BCUT2D eigenvalue weighted by Crippen LogP contribution is -2.03. The Kier molecular flexibility index (Phi) is 4.59. The Hall–Kier alpha value is -0.990. The molecule has 0 rings (SSSR count). The van der Waals surface area contributed by atoms with Gasteiger partial charge in [0, 0.05) is 0 Å². The number of carbonyl (C=O) groups excluding carboxylic acids is 1. The van der Waals surface area contributed by atoms with Gasteiger partial charge in [-0.15, -0.1) is 0 Å². The van der Waals surface area contributed by atoms with Crippen LogP contribution in [0.3, 0.4) is 0 Å². The Balaban J connectivity index is 3.16. The Morgan fingerprint density at radius 1 is 1.78 bits per heavy atom. The van der Waals surface area contributed by atoms with Gasteiger partial charge in [0.05, 0.1) is 0 Å². The van der Waals surface area contributed by atoms with E-state index in [0.717, 1.165) is 0 Å². The molecule has 1 radical (unpaired) electrons. The first kappa shape index (κ1) is 8.01. The van der Waals surface area contributed by atoms with E-state index in [1.807, 2.05) is 0 Å². The highest BCUT2D eigenvalue weighted by Gasteiger charge is 1.97. The summed E-state index contributed by atoms with van der Waals surface area (Å²) < 4.78 is 8.73. The molecule has 0 saturated carbocycles. The SMILES string of the molecule is C=CCOC(=O)O[CH]C. The maximum Gasteiger partial charge on any atom is 0.508 e. The van der Waals surface area contributed by atoms with Crippen molar-refractivity contribution in [2.45, 2.75) is 6.92 Å². The van der Waals surface area contributed by atoms with E-state index in [-0.39, 0.29) is 6.61 Å². The summed E-state index contributed by atoms with van der Waals surface area (Å²) in [5.74, 6) is 0. The maximum atomic E-state index is 10.3. The van der Waals surface area contributed by atoms with Gasteiger partial charge in [-0.1, -0.05) is 12.7 Å². The highest BCUT2D eigenvalue weighted by molar-refractivity contribution is 5.60. The molecule has 0 fully saturated rings. The molecular weight excluding hydrogens is 120 g/mol. The number of carbonyl (C=O) groups is 1. The van der Waals surface area contributed by atoms with Crippen molar-refractivity contribution in [1.82, 2.24) is 0 Å². The van der Waals surface area contributed by atoms with Crippen LogP contribution in [-0.2, 0) is 9.47 Å². The fourth-order valence-electron chi connectivity index (χ4n) is 0.257. The van der Waals surface area contributed by atoms with E-state index in [1.54, 1.807) is 6.92 Å². The first-order valence-electron chi connectivity index (χ1n) is 2.53. The van der Waals surface area contributed by atoms with E-state index < -0.39 is 6.16 Å². The number of hydrogen-bond donors (Lipinski definition) is 0. The molecule has 0 aliphatic heterocycles. The van der Waals surface area contributed by atoms with Crippen LogP contribution in [-0.4, -0.2) is 12.8 Å². The second kappa shape index (κ2) is 5.15. The highest BCUT2D eigenvalue weighted by Crippen LogP contribution is 1.86. The summed E-state index contributed by atoms with van der Waals surface area (Å²) in [6.07, 6.45) is 0.772. The third-order valence-corrected chi connectivity index (χ3v) is 0.533. The van der Waals surface area contributed by atoms with Gasteiger partial charge >= 0.3 is 6.16 Å². The summed E-state index contributed by atoms with van der Waals surface area (Å²) in [6.45, 7) is 6.38. The average Bonchev–Trinajstić information content (AvgIpc) is 1.85. The minimum Gasteiger partial charge on any atom is -0.430 e. The lowest BCUT2D eigenvalue weighted by molar-refractivity contribution is 0.0840. The molecule has 51 valence electrons. The zero-order valence-electron chi connectivity index (χ0n) is 5.29. The topological polar surface area (TPSA) is 35.5 Å². The third-order valence-electron chi connectivity index (χ3n) is 0.533. The van der Waals surface area contributed by atoms with E-state index >= 15 is 0 Å². The van der Waals surface area contributed by atoms with Crippen LogP contribution in [0, 0.1) is 6.61 Å². The second-order valence-corrected chi connectivity index (χ2v) is 1.20. The lowest BCUT2D eigenvalue weighted by Gasteiger charge is -1.98. The Morgan fingerprint density at radius 2 is 2.44 bits per heavy atom. The molecule has 3 nitrogen and oxygen atoms in total. The fourth-order valence-corrected chi connectivity index (χ4v) is 0.257. The molecule has 0 bridgehead atoms. The Bertz CT molecular complexity index is 98.5. The van der Waals surface area contributed by atoms with E-state index in [2.05, 4.69) is 16.1 Å². The molecule has 0 amide bonds. The molecule has 0 aliphatic carbocycles. The summed E-state index contributed by atoms with van der Waals surface area (Å²) in [4.78, 5) is 10.3. The van der Waals surface area contributed by atoms with Crippen LogP contribution < -0.4 is 0 Å². The number of rotatable bonds is 3. The normalized spacial score (nSPS) is 8.11. The lowest BCUT2D eigenvalue weighted by atomic mass is 10.7. The monoisotopic (exact) mass is 129 g/mol. The molecule has 0 spiro atoms. The molecule has 0 atom stereocenters. The van der Waals surface area contributed by atoms with Gasteiger partial charge in [0.2, 0.25) is 0 Å². The molecule has 0 aromatic carbocycles. The number of hydrogen-bond acceptors (Lipinski definition) is 3. The molecule has 0 aliphatic rings. The van der Waals surface area contributed by atoms with Crippen LogP contribution in [0.15, 0.2) is 12.7 Å². The molecule has 0 aromatic rings. The zero-order valence-corrected chi connectivity index (χ0v) is 5.29. The van der Waals surface area contributed by atoms with Gasteiger partial charge in [0.15, 0.2) is 0 Å². The zero-order chi connectivity index (χ0) is 7.11. The van der Waals surface area contributed by atoms with Crippen molar-refractivity contribution in [3.63, 3.8) is 0 Å². The van der Waals surface area contributed by atoms with Gasteiger partial charge < -0.3 is 9.47 Å². The summed E-state index contributed by atoms with van der Waals surface area (Å²) in [7, 11) is 0. The number of ether oxygens (including phenoxy) is 2. The van der Waals surface area contributed by atoms with Crippen LogP contribution >= 0.6 is 0 Å². The first-order valence-corrected chi connectivity index (χ1v) is 2.53. The molecule has 0 saturated heterocycles. The van der Waals surface area contributed by atoms with Crippen molar-refractivity contribution in [1.29, 1.82) is 0 Å². The summed E-state index contributed by atoms with van der Waals surface area (Å²) in [6, 6.07) is 0. The molecule has 9 heavy (non-hydrogen) atoms. The quantitative estimate of drug-likeness (QED) is 0.428. The first-order chi connectivity index (χ1) is 4.31. The van der Waals surface area contributed by atoms with Crippen LogP contribution in [0.4, 0.5) is 4.79 Å². The van der Waals surface area contributed by atoms with Crippen molar-refractivity contribution < 1.29 is 14.3 Å². The summed E-state index contributed by atoms with van der Waals surface area (Å²) >= 11 is 0. The standard InChI is InChI=1S/C6H9O3/c1-3-5-9-6(7)8-4-2/h3-4H,1,5H2,2H3. The van der Waals surface area contributed by atoms with E-state index in [0.29, 0.717) is 0 Å². The third kappa shape index (κ3) is 4.87. The van der Waals surface area contributed by atoms with Gasteiger partial charge in [-0.25, -0.2) is 4.79 Å². The van der Waals surface area contributed by atoms with E-state index in [9.17, 15) is 4.79 Å². The van der Waals surface area contributed by atoms with Gasteiger partial charge in [-0.2, -0.15) is 0 Å². The van der Waals surface area contributed by atoms with Crippen LogP contribution in [0.2, 0.25) is 0 Å². The van der Waals surface area contributed by atoms with Crippen molar-refractivity contribution in [3.8, 4) is 0 Å². The molecule has 3 heteroatoms. The fraction of sp³-hybridized carbons (Fsp3) is 0.333. The van der Waals surface area contributed by atoms with E-state index in [4.69, 9.17) is 0 Å². The van der Waals surface area contributed by atoms with Crippen LogP contribution in [0.1, 0.15) is 6.92 Å². The van der Waals surface area contributed by atoms with Crippen molar-refractivity contribution in [2.75, 3.05) is 6.61 Å². The van der Waals surface area contributed by atoms with E-state index in [1.165, 1.54) is 12.7 Å². The Morgan fingerprint density at radius 3 is 2.89 bits per heavy atom. The van der Waals surface area contributed by atoms with Crippen LogP contribution in [0.5, 0.6) is 0 Å². The average molecular weight is 129 g/mol. The molecule has 0 unspecified atom stereocenters. The second-order valence-electron chi connectivity index (χ2n) is 1.20. The van der Waals surface area contributed by atoms with Crippen molar-refractivity contribution in [3.05, 3.63) is 19.3 Å². The predicted molar refractivity (Wildman–Crippen MR) is 32.6 cm³/mol. The molecular formula is C6H9O3. The summed E-state index contributed by atoms with van der Waals surface area (Å²) in [5, 5.41) is 0. The molecule has 0 N–H and O–H groups in total. The smallest absolute Gasteiger partial charge is 0.430 e. The van der Waals surface area contributed by atoms with Crippen molar-refractivity contribution in [2.24, 2.45) is 0 Å². The van der Waals surface area contributed by atoms with Crippen LogP contribution in [0.25, 0.3) is 0 Å². The highest BCUT2D eigenvalue weighted by atomic mass is 16.7. The predicted octanol–water partition coefficient (Wildman–Crippen LogP) is 1.51. The maximum absolute atomic E-state index is 10.3. The largest absolute Gasteiger partial charge is 0.508 e. The Labute approximate surface area is 54.3 Å². The van der Waals surface area contributed by atoms with Gasteiger partial charge in [0.1, 0.15) is 13.2 Å². The molecule has 0 heterocycles. The minimum absolute atomic E-state index is 0.187. The minimum atomic E-state index is -0.697. The summed E-state index contributed by atoms with van der Waals surface area (Å²) in [5.41, 5.74) is 0. The van der Waals surface area contributed by atoms with Crippen molar-refractivity contribution >= 4 is 6.16 Å². The van der Waals surface area contributed by atoms with Gasteiger partial charge in [-0.05, 0) is 6.92 Å². The van der Waals surface area contributed by atoms with Gasteiger partial charge in [-0.3, -0.25) is 0 Å². The molecule has 0 aromatic heterocycles.